The number of halogens is 14. The van der Waals surface area contributed by atoms with Crippen LogP contribution in [0, 0.1) is 20.7 Å². The molecule has 0 bridgehead atoms. The monoisotopic (exact) mass is 771 g/mol. The van der Waals surface area contributed by atoms with Crippen molar-refractivity contribution in [3.8, 4) is 6.07 Å². The summed E-state index contributed by atoms with van der Waals surface area (Å²) in [5.74, 6) is -11.6. The number of nitrogens with one attached hydrogen (secondary N) is 2. The van der Waals surface area contributed by atoms with Crippen molar-refractivity contribution in [1.29, 1.82) is 5.26 Å². The lowest BCUT2D eigenvalue weighted by atomic mass is 9.86. The van der Waals surface area contributed by atoms with Crippen LogP contribution in [0.4, 0.5) is 68.5 Å². The maximum Gasteiger partial charge on any atom is 0.457 e. The number of nitrogens with zero attached hydrogens (tertiary/aromatic N) is 1. The lowest BCUT2D eigenvalue weighted by molar-refractivity contribution is -0.389. The fourth-order valence-electron chi connectivity index (χ4n) is 3.78. The molecular weight excluding hydrogens is 760 g/mol. The van der Waals surface area contributed by atoms with E-state index in [0.717, 1.165) is 18.2 Å². The SMILES string of the molecule is N#Cc1cccc(C(=O)Nc2cccc(C(=O)Nc3c(I)cc(C(F)(C(F)(F)F)C(F)(F)C(F)(F)F)cc3C(F)(F)F)c2F)c1. The zero-order valence-electron chi connectivity index (χ0n) is 21.3. The molecule has 2 N–H and O–H groups in total. The molecule has 3 aromatic rings. The van der Waals surface area contributed by atoms with Gasteiger partial charge in [-0.15, -0.1) is 0 Å². The topological polar surface area (TPSA) is 82.0 Å². The van der Waals surface area contributed by atoms with Crippen molar-refractivity contribution >= 4 is 45.8 Å². The van der Waals surface area contributed by atoms with E-state index in [0.29, 0.717) is 28.7 Å². The standard InChI is InChI=1S/C26H11F13IN3O2/c27-18-14(5-2-6-17(18)42-20(44)12-4-1-3-11(7-12)10-41)21(45)43-19-15(23(29,30)31)8-13(9-16(19)40)22(28,25(34,35)36)24(32,33)26(37,38)39/h1-9H,(H,42,44)(H,43,45). The molecule has 3 aromatic carbocycles. The summed E-state index contributed by atoms with van der Waals surface area (Å²) in [6.45, 7) is 0. The second kappa shape index (κ2) is 12.0. The quantitative estimate of drug-likeness (QED) is 0.194. The number of anilines is 2. The van der Waals surface area contributed by atoms with Gasteiger partial charge in [-0.1, -0.05) is 12.1 Å². The van der Waals surface area contributed by atoms with Gasteiger partial charge in [-0.3, -0.25) is 9.59 Å². The Morgan fingerprint density at radius 1 is 0.756 bits per heavy atom. The number of hydrogen-bond donors (Lipinski definition) is 2. The summed E-state index contributed by atoms with van der Waals surface area (Å²) in [6, 6.07) is 7.88. The van der Waals surface area contributed by atoms with Crippen LogP contribution >= 0.6 is 22.6 Å². The molecule has 45 heavy (non-hydrogen) atoms. The summed E-state index contributed by atoms with van der Waals surface area (Å²) >= 11 is 0.717. The van der Waals surface area contributed by atoms with Crippen LogP contribution < -0.4 is 10.6 Å². The number of hydrogen-bond acceptors (Lipinski definition) is 3. The van der Waals surface area contributed by atoms with Gasteiger partial charge in [0.15, 0.2) is 5.82 Å². The summed E-state index contributed by atoms with van der Waals surface area (Å²) in [4.78, 5) is 25.3. The van der Waals surface area contributed by atoms with Crippen LogP contribution in [0.2, 0.25) is 0 Å². The Labute approximate surface area is 256 Å². The first-order chi connectivity index (χ1) is 20.5. The van der Waals surface area contributed by atoms with Crippen molar-refractivity contribution in [3.05, 3.63) is 91.8 Å². The molecule has 19 heteroatoms. The number of amides is 2. The number of alkyl halides is 12. The van der Waals surface area contributed by atoms with E-state index in [1.54, 1.807) is 6.07 Å². The summed E-state index contributed by atoms with van der Waals surface area (Å²) in [5, 5.41) is 12.5. The van der Waals surface area contributed by atoms with Crippen molar-refractivity contribution in [2.75, 3.05) is 10.6 Å². The molecule has 0 aliphatic rings. The Balaban J connectivity index is 2.09. The minimum atomic E-state index is -7.28. The van der Waals surface area contributed by atoms with E-state index in [2.05, 4.69) is 5.32 Å². The van der Waals surface area contributed by atoms with Gasteiger partial charge < -0.3 is 10.6 Å². The van der Waals surface area contributed by atoms with Gasteiger partial charge in [0.1, 0.15) is 0 Å². The minimum absolute atomic E-state index is 0.0414. The Morgan fingerprint density at radius 3 is 1.89 bits per heavy atom. The molecule has 1 unspecified atom stereocenters. The molecule has 0 aliphatic heterocycles. The van der Waals surface area contributed by atoms with Crippen LogP contribution in [0.5, 0.6) is 0 Å². The van der Waals surface area contributed by atoms with Crippen molar-refractivity contribution in [2.24, 2.45) is 0 Å². The van der Waals surface area contributed by atoms with Gasteiger partial charge in [0.25, 0.3) is 11.8 Å². The van der Waals surface area contributed by atoms with Gasteiger partial charge >= 0.3 is 30.1 Å². The highest BCUT2D eigenvalue weighted by Crippen LogP contribution is 2.59. The number of carbonyl (C=O) groups is 2. The van der Waals surface area contributed by atoms with Crippen LogP contribution in [0.1, 0.15) is 37.4 Å². The van der Waals surface area contributed by atoms with E-state index in [1.807, 2.05) is 0 Å². The second-order valence-corrected chi connectivity index (χ2v) is 10.0. The van der Waals surface area contributed by atoms with Gasteiger partial charge in [-0.2, -0.15) is 53.6 Å². The van der Waals surface area contributed by atoms with Crippen LogP contribution in [-0.2, 0) is 11.8 Å². The van der Waals surface area contributed by atoms with Crippen LogP contribution in [-0.4, -0.2) is 30.1 Å². The fraction of sp³-hybridized carbons (Fsp3) is 0.192. The third-order valence-corrected chi connectivity index (χ3v) is 6.81. The van der Waals surface area contributed by atoms with Gasteiger partial charge in [0, 0.05) is 14.7 Å². The normalized spacial score (nSPS) is 13.9. The van der Waals surface area contributed by atoms with Crippen LogP contribution in [0.25, 0.3) is 0 Å². The zero-order valence-corrected chi connectivity index (χ0v) is 23.4. The molecule has 5 nitrogen and oxygen atoms in total. The average molecular weight is 771 g/mol. The molecule has 3 rings (SSSR count). The molecule has 240 valence electrons. The van der Waals surface area contributed by atoms with E-state index in [9.17, 15) is 62.3 Å². The summed E-state index contributed by atoms with van der Waals surface area (Å²) in [5.41, 5.74) is -15.4. The molecule has 0 saturated carbocycles. The highest BCUT2D eigenvalue weighted by atomic mass is 127. The molecule has 0 spiro atoms. The molecule has 1 atom stereocenters. The average Bonchev–Trinajstić information content (AvgIpc) is 2.92. The van der Waals surface area contributed by atoms with E-state index in [4.69, 9.17) is 5.26 Å². The van der Waals surface area contributed by atoms with Crippen molar-refractivity contribution in [1.82, 2.24) is 0 Å². The van der Waals surface area contributed by atoms with Gasteiger partial charge in [0.2, 0.25) is 0 Å². The smallest absolute Gasteiger partial charge is 0.320 e. The van der Waals surface area contributed by atoms with Crippen molar-refractivity contribution in [3.63, 3.8) is 0 Å². The Morgan fingerprint density at radius 2 is 1.36 bits per heavy atom. The predicted octanol–water partition coefficient (Wildman–Crippen LogP) is 8.75. The van der Waals surface area contributed by atoms with Gasteiger partial charge in [-0.05, 0) is 65.1 Å². The molecule has 2 amide bonds. The molecule has 0 fully saturated rings. The Hall–Kier alpha value is -4.09. The van der Waals surface area contributed by atoms with E-state index >= 15 is 4.39 Å². The zero-order chi connectivity index (χ0) is 34.3. The molecule has 0 aromatic heterocycles. The minimum Gasteiger partial charge on any atom is -0.320 e. The van der Waals surface area contributed by atoms with Gasteiger partial charge in [0.05, 0.1) is 34.1 Å². The maximum absolute atomic E-state index is 15.2. The first kappa shape index (κ1) is 35.4. The third kappa shape index (κ3) is 6.64. The van der Waals surface area contributed by atoms with Crippen LogP contribution in [0.3, 0.4) is 0 Å². The van der Waals surface area contributed by atoms with Gasteiger partial charge in [-0.25, -0.2) is 8.78 Å². The molecule has 0 aliphatic carbocycles. The summed E-state index contributed by atoms with van der Waals surface area (Å²) in [6.07, 6.45) is -20.2. The molecule has 0 heterocycles. The molecular formula is C26H11F13IN3O2. The van der Waals surface area contributed by atoms with Crippen LogP contribution in [0.15, 0.2) is 54.6 Å². The van der Waals surface area contributed by atoms with Crippen molar-refractivity contribution < 1.29 is 66.7 Å². The lowest BCUT2D eigenvalue weighted by Crippen LogP contribution is -2.59. The maximum atomic E-state index is 15.2. The van der Waals surface area contributed by atoms with Crippen molar-refractivity contribution in [2.45, 2.75) is 30.1 Å². The van der Waals surface area contributed by atoms with E-state index < -0.39 is 91.5 Å². The Bertz CT molecular complexity index is 1700. The summed E-state index contributed by atoms with van der Waals surface area (Å²) in [7, 11) is 0. The number of benzene rings is 3. The van der Waals surface area contributed by atoms with E-state index in [-0.39, 0.29) is 11.1 Å². The highest BCUT2D eigenvalue weighted by molar-refractivity contribution is 14.1. The second-order valence-electron chi connectivity index (χ2n) is 8.87. The third-order valence-electron chi connectivity index (χ3n) is 5.96. The van der Waals surface area contributed by atoms with E-state index in [1.165, 1.54) is 23.5 Å². The number of rotatable bonds is 6. The molecule has 0 saturated heterocycles. The number of nitriles is 1. The highest BCUT2D eigenvalue weighted by Gasteiger charge is 2.82. The lowest BCUT2D eigenvalue weighted by Gasteiger charge is -2.36. The number of carbonyl (C=O) groups excluding carboxylic acids is 2. The Kier molecular flexibility index (Phi) is 9.45. The molecule has 0 radical (unpaired) electrons. The first-order valence-corrected chi connectivity index (χ1v) is 12.6. The summed E-state index contributed by atoms with van der Waals surface area (Å²) < 4.78 is 177. The largest absolute Gasteiger partial charge is 0.457 e. The predicted molar refractivity (Wildman–Crippen MR) is 137 cm³/mol. The fourth-order valence-corrected chi connectivity index (χ4v) is 4.54. The first-order valence-electron chi connectivity index (χ1n) is 11.5.